The van der Waals surface area contributed by atoms with E-state index in [-0.39, 0.29) is 17.3 Å². The molecule has 2 fully saturated rings. The fourth-order valence-corrected chi connectivity index (χ4v) is 5.42. The molecule has 184 valence electrons. The van der Waals surface area contributed by atoms with E-state index in [4.69, 9.17) is 14.4 Å². The maximum absolute atomic E-state index is 13.5. The van der Waals surface area contributed by atoms with Gasteiger partial charge in [0.05, 0.1) is 0 Å². The first-order valence-corrected chi connectivity index (χ1v) is 12.3. The minimum atomic E-state index is -1.22. The summed E-state index contributed by atoms with van der Waals surface area (Å²) in [6, 6.07) is 15.0. The number of likely N-dealkylation sites (tertiary alicyclic amines) is 1. The van der Waals surface area contributed by atoms with Gasteiger partial charge < -0.3 is 14.4 Å². The summed E-state index contributed by atoms with van der Waals surface area (Å²) >= 11 is 0. The van der Waals surface area contributed by atoms with Gasteiger partial charge in [0.2, 0.25) is 11.7 Å². The molecular weight excluding hydrogens is 449 g/mol. The second-order valence-corrected chi connectivity index (χ2v) is 9.76. The normalized spacial score (nSPS) is 18.2. The van der Waals surface area contributed by atoms with Crippen molar-refractivity contribution in [1.29, 1.82) is 0 Å². The molecule has 1 saturated carbocycles. The molecule has 0 bridgehead atoms. The van der Waals surface area contributed by atoms with Crippen molar-refractivity contribution in [3.05, 3.63) is 71.4 Å². The summed E-state index contributed by atoms with van der Waals surface area (Å²) < 4.78 is 23.8. The van der Waals surface area contributed by atoms with Crippen molar-refractivity contribution in [1.82, 2.24) is 15.0 Å². The topological polar surface area (TPSA) is 88.7 Å². The van der Waals surface area contributed by atoms with Crippen LogP contribution in [-0.4, -0.2) is 45.5 Å². The number of carbonyl (C=O) groups is 1. The van der Waals surface area contributed by atoms with Crippen molar-refractivity contribution < 1.29 is 23.6 Å². The lowest BCUT2D eigenvalue weighted by atomic mass is 9.67. The van der Waals surface area contributed by atoms with Gasteiger partial charge >= 0.3 is 6.16 Å². The number of hydrogen-bond acceptors (Lipinski definition) is 6. The van der Waals surface area contributed by atoms with Gasteiger partial charge in [-0.2, -0.15) is 4.98 Å². The Morgan fingerprint density at radius 1 is 1.09 bits per heavy atom. The Kier molecular flexibility index (Phi) is 6.81. The Bertz CT molecular complexity index is 1130. The lowest BCUT2D eigenvalue weighted by molar-refractivity contribution is -0.0363. The van der Waals surface area contributed by atoms with E-state index in [1.165, 1.54) is 24.8 Å². The SMILES string of the molecule is O=C(O)OC1CN(Cc2ccc(-c3noc(CCC4(c5ccc(F)cc5)CCCCC4)n3)cc2)C1. The summed E-state index contributed by atoms with van der Waals surface area (Å²) in [4.78, 5) is 17.4. The molecule has 0 radical (unpaired) electrons. The number of ether oxygens (including phenoxy) is 1. The van der Waals surface area contributed by atoms with Gasteiger partial charge in [0.1, 0.15) is 11.9 Å². The lowest BCUT2D eigenvalue weighted by Gasteiger charge is -2.38. The van der Waals surface area contributed by atoms with Crippen LogP contribution in [0.4, 0.5) is 9.18 Å². The Labute approximate surface area is 203 Å². The highest BCUT2D eigenvalue weighted by atomic mass is 19.1. The molecule has 1 N–H and O–H groups in total. The highest BCUT2D eigenvalue weighted by Gasteiger charge is 2.34. The molecule has 0 unspecified atom stereocenters. The zero-order chi connectivity index (χ0) is 24.3. The van der Waals surface area contributed by atoms with E-state index in [0.717, 1.165) is 36.9 Å². The van der Waals surface area contributed by atoms with Crippen LogP contribution in [0.25, 0.3) is 11.4 Å². The Hall–Kier alpha value is -3.26. The maximum Gasteiger partial charge on any atom is 0.506 e. The summed E-state index contributed by atoms with van der Waals surface area (Å²) in [6.07, 6.45) is 5.95. The molecule has 1 aliphatic carbocycles. The monoisotopic (exact) mass is 479 g/mol. The minimum absolute atomic E-state index is 0.0353. The predicted molar refractivity (Wildman–Crippen MR) is 127 cm³/mol. The summed E-state index contributed by atoms with van der Waals surface area (Å²) in [5, 5.41) is 12.9. The molecule has 5 rings (SSSR count). The van der Waals surface area contributed by atoms with Crippen molar-refractivity contribution in [2.24, 2.45) is 0 Å². The molecule has 0 spiro atoms. The molecule has 1 aromatic heterocycles. The van der Waals surface area contributed by atoms with Crippen LogP contribution in [0.2, 0.25) is 0 Å². The zero-order valence-electron chi connectivity index (χ0n) is 19.7. The van der Waals surface area contributed by atoms with Gasteiger partial charge in [0.15, 0.2) is 0 Å². The molecule has 7 nitrogen and oxygen atoms in total. The Balaban J connectivity index is 1.19. The van der Waals surface area contributed by atoms with Gasteiger partial charge in [0, 0.05) is 31.6 Å². The largest absolute Gasteiger partial charge is 0.506 e. The Morgan fingerprint density at radius 3 is 2.49 bits per heavy atom. The van der Waals surface area contributed by atoms with Gasteiger partial charge in [0.25, 0.3) is 0 Å². The minimum Gasteiger partial charge on any atom is -0.450 e. The third kappa shape index (κ3) is 5.53. The van der Waals surface area contributed by atoms with E-state index in [1.54, 1.807) is 12.1 Å². The molecular formula is C27H30FN3O4. The van der Waals surface area contributed by atoms with E-state index < -0.39 is 6.16 Å². The summed E-state index contributed by atoms with van der Waals surface area (Å²) in [5.41, 5.74) is 3.26. The number of hydrogen-bond donors (Lipinski definition) is 1. The first-order chi connectivity index (χ1) is 17.0. The first-order valence-electron chi connectivity index (χ1n) is 12.3. The van der Waals surface area contributed by atoms with Crippen molar-refractivity contribution in [3.63, 3.8) is 0 Å². The number of aryl methyl sites for hydroxylation is 1. The van der Waals surface area contributed by atoms with E-state index in [2.05, 4.69) is 15.0 Å². The third-order valence-corrected chi connectivity index (χ3v) is 7.36. The van der Waals surface area contributed by atoms with E-state index in [0.29, 0.717) is 31.2 Å². The second-order valence-electron chi connectivity index (χ2n) is 9.76. The maximum atomic E-state index is 13.5. The summed E-state index contributed by atoms with van der Waals surface area (Å²) in [6.45, 7) is 1.96. The van der Waals surface area contributed by atoms with Gasteiger partial charge in [-0.3, -0.25) is 4.90 Å². The molecule has 1 aliphatic heterocycles. The van der Waals surface area contributed by atoms with Gasteiger partial charge in [-0.25, -0.2) is 9.18 Å². The number of nitrogens with zero attached hydrogens (tertiary/aromatic N) is 3. The van der Waals surface area contributed by atoms with Gasteiger partial charge in [-0.05, 0) is 47.9 Å². The molecule has 0 atom stereocenters. The lowest BCUT2D eigenvalue weighted by Crippen LogP contribution is -2.52. The van der Waals surface area contributed by atoms with E-state index >= 15 is 0 Å². The van der Waals surface area contributed by atoms with Crippen molar-refractivity contribution in [2.45, 2.75) is 63.0 Å². The van der Waals surface area contributed by atoms with Crippen molar-refractivity contribution in [3.8, 4) is 11.4 Å². The summed E-state index contributed by atoms with van der Waals surface area (Å²) in [5.74, 6) is 1.000. The van der Waals surface area contributed by atoms with Crippen LogP contribution in [0.3, 0.4) is 0 Å². The number of aromatic nitrogens is 2. The highest BCUT2D eigenvalue weighted by molar-refractivity contribution is 5.57. The second kappa shape index (κ2) is 10.2. The average Bonchev–Trinajstić information content (AvgIpc) is 3.32. The van der Waals surface area contributed by atoms with Crippen LogP contribution >= 0.6 is 0 Å². The first kappa shape index (κ1) is 23.5. The molecule has 8 heteroatoms. The van der Waals surface area contributed by atoms with Crippen LogP contribution in [-0.2, 0) is 23.1 Å². The van der Waals surface area contributed by atoms with Gasteiger partial charge in [-0.15, -0.1) is 0 Å². The molecule has 0 amide bonds. The Morgan fingerprint density at radius 2 is 1.80 bits per heavy atom. The molecule has 35 heavy (non-hydrogen) atoms. The number of rotatable bonds is 8. The predicted octanol–water partition coefficient (Wildman–Crippen LogP) is 5.59. The quantitative estimate of drug-likeness (QED) is 0.421. The third-order valence-electron chi connectivity index (χ3n) is 7.36. The van der Waals surface area contributed by atoms with Crippen LogP contribution in [0.1, 0.15) is 55.5 Å². The number of halogens is 1. The molecule has 1 saturated heterocycles. The standard InChI is InChI=1S/C27H30FN3O4/c28-22-10-8-21(9-11-22)27(13-2-1-3-14-27)15-12-24-29-25(30-35-24)20-6-4-19(5-7-20)16-31-17-23(18-31)34-26(32)33/h4-11,23H,1-3,12-18H2,(H,32,33). The van der Waals surface area contributed by atoms with Crippen molar-refractivity contribution >= 4 is 6.16 Å². The molecule has 3 aromatic rings. The van der Waals surface area contributed by atoms with Crippen LogP contribution in [0.5, 0.6) is 0 Å². The van der Waals surface area contributed by atoms with Crippen molar-refractivity contribution in [2.75, 3.05) is 13.1 Å². The molecule has 2 aromatic carbocycles. The average molecular weight is 480 g/mol. The molecule has 2 heterocycles. The smallest absolute Gasteiger partial charge is 0.450 e. The number of benzene rings is 2. The van der Waals surface area contributed by atoms with Gasteiger partial charge in [-0.1, -0.05) is 60.8 Å². The highest BCUT2D eigenvalue weighted by Crippen LogP contribution is 2.43. The zero-order valence-corrected chi connectivity index (χ0v) is 19.7. The van der Waals surface area contributed by atoms with Crippen LogP contribution in [0, 0.1) is 5.82 Å². The van der Waals surface area contributed by atoms with E-state index in [1.807, 2.05) is 36.4 Å². The fourth-order valence-electron chi connectivity index (χ4n) is 5.42. The molecule has 2 aliphatic rings. The summed E-state index contributed by atoms with van der Waals surface area (Å²) in [7, 11) is 0. The van der Waals surface area contributed by atoms with Crippen LogP contribution in [0.15, 0.2) is 53.1 Å². The number of carboxylic acid groups (broad SMARTS) is 1. The fraction of sp³-hybridized carbons (Fsp3) is 0.444. The van der Waals surface area contributed by atoms with E-state index in [9.17, 15) is 9.18 Å². The van der Waals surface area contributed by atoms with Crippen LogP contribution < -0.4 is 0 Å².